The average Bonchev–Trinajstić information content (AvgIpc) is 3.21. The van der Waals surface area contributed by atoms with Gasteiger partial charge in [0.1, 0.15) is 5.60 Å². The third-order valence-electron chi connectivity index (χ3n) is 5.16. The number of hydrogen-bond donors (Lipinski definition) is 0. The molecule has 1 aromatic carbocycles. The molecule has 1 aliphatic heterocycles. The number of ether oxygens (including phenoxy) is 1. The first-order chi connectivity index (χ1) is 11.6. The van der Waals surface area contributed by atoms with E-state index >= 15 is 0 Å². The van der Waals surface area contributed by atoms with E-state index in [9.17, 15) is 4.79 Å². The molecule has 5 nitrogen and oxygen atoms in total. The van der Waals surface area contributed by atoms with Gasteiger partial charge in [-0.25, -0.2) is 0 Å². The van der Waals surface area contributed by atoms with Crippen LogP contribution in [0, 0.1) is 0 Å². The van der Waals surface area contributed by atoms with Crippen LogP contribution in [0.25, 0.3) is 0 Å². The van der Waals surface area contributed by atoms with Gasteiger partial charge in [0.25, 0.3) is 5.91 Å². The molecule has 1 aliphatic carbocycles. The molecule has 1 aromatic heterocycles. The van der Waals surface area contributed by atoms with Crippen LogP contribution in [0.15, 0.2) is 36.7 Å². The number of hydrogen-bond acceptors (Lipinski definition) is 3. The summed E-state index contributed by atoms with van der Waals surface area (Å²) in [5.74, 6) is 0.0500. The number of aryl methyl sites for hydroxylation is 1. The predicted octanol–water partition coefficient (Wildman–Crippen LogP) is 2.78. The molecule has 1 atom stereocenters. The van der Waals surface area contributed by atoms with Gasteiger partial charge in [0.15, 0.2) is 0 Å². The summed E-state index contributed by atoms with van der Waals surface area (Å²) in [7, 11) is 0. The largest absolute Gasteiger partial charge is 0.367 e. The highest BCUT2D eigenvalue weighted by Crippen LogP contribution is 2.42. The molecule has 0 saturated carbocycles. The molecule has 24 heavy (non-hydrogen) atoms. The normalized spacial score (nSPS) is 23.0. The van der Waals surface area contributed by atoms with Gasteiger partial charge < -0.3 is 9.64 Å². The number of aromatic nitrogens is 2. The molecule has 0 N–H and O–H groups in total. The lowest BCUT2D eigenvalue weighted by Gasteiger charge is -2.41. The first-order valence-corrected chi connectivity index (χ1v) is 8.65. The Morgan fingerprint density at radius 2 is 2.17 bits per heavy atom. The van der Waals surface area contributed by atoms with E-state index < -0.39 is 0 Å². The second-order valence-electron chi connectivity index (χ2n) is 7.03. The van der Waals surface area contributed by atoms with Crippen LogP contribution in [0.3, 0.4) is 0 Å². The number of benzene rings is 1. The third-order valence-corrected chi connectivity index (χ3v) is 5.16. The lowest BCUT2D eigenvalue weighted by molar-refractivity contribution is -0.103. The van der Waals surface area contributed by atoms with Crippen molar-refractivity contribution in [2.24, 2.45) is 0 Å². The summed E-state index contributed by atoms with van der Waals surface area (Å²) in [6.07, 6.45) is 5.48. The summed E-state index contributed by atoms with van der Waals surface area (Å²) in [5.41, 5.74) is 2.92. The number of carbonyl (C=O) groups is 1. The van der Waals surface area contributed by atoms with Gasteiger partial charge in [0.05, 0.1) is 24.9 Å². The summed E-state index contributed by atoms with van der Waals surface area (Å²) < 4.78 is 8.03. The van der Waals surface area contributed by atoms with Gasteiger partial charge in [-0.2, -0.15) is 5.10 Å². The van der Waals surface area contributed by atoms with Crippen LogP contribution in [-0.4, -0.2) is 40.3 Å². The third kappa shape index (κ3) is 2.44. The van der Waals surface area contributed by atoms with Crippen LogP contribution in [0.1, 0.15) is 47.8 Å². The summed E-state index contributed by atoms with van der Waals surface area (Å²) in [6.45, 7) is 5.95. The van der Waals surface area contributed by atoms with Gasteiger partial charge in [-0.1, -0.05) is 24.3 Å². The molecule has 1 saturated heterocycles. The van der Waals surface area contributed by atoms with Gasteiger partial charge in [-0.3, -0.25) is 9.48 Å². The Hall–Kier alpha value is -2.14. The van der Waals surface area contributed by atoms with Crippen molar-refractivity contribution in [2.75, 3.05) is 19.7 Å². The molecular weight excluding hydrogens is 302 g/mol. The highest BCUT2D eigenvalue weighted by molar-refractivity contribution is 5.93. The monoisotopic (exact) mass is 325 g/mol. The summed E-state index contributed by atoms with van der Waals surface area (Å²) in [6, 6.07) is 8.70. The fraction of sp³-hybridized carbons (Fsp3) is 0.474. The van der Waals surface area contributed by atoms with Gasteiger partial charge in [-0.15, -0.1) is 0 Å². The van der Waals surface area contributed by atoms with E-state index in [0.717, 1.165) is 12.8 Å². The minimum atomic E-state index is -0.335. The van der Waals surface area contributed by atoms with Crippen molar-refractivity contribution in [3.05, 3.63) is 53.3 Å². The van der Waals surface area contributed by atoms with Gasteiger partial charge in [-0.05, 0) is 37.8 Å². The second-order valence-corrected chi connectivity index (χ2v) is 7.03. The number of nitrogens with zero attached hydrogens (tertiary/aromatic N) is 3. The summed E-state index contributed by atoms with van der Waals surface area (Å²) in [4.78, 5) is 14.8. The van der Waals surface area contributed by atoms with Crippen LogP contribution >= 0.6 is 0 Å². The van der Waals surface area contributed by atoms with E-state index in [4.69, 9.17) is 4.74 Å². The van der Waals surface area contributed by atoms with Crippen LogP contribution < -0.4 is 0 Å². The van der Waals surface area contributed by atoms with E-state index in [1.54, 1.807) is 6.20 Å². The molecule has 1 unspecified atom stereocenters. The van der Waals surface area contributed by atoms with Crippen molar-refractivity contribution < 1.29 is 9.53 Å². The van der Waals surface area contributed by atoms with Crippen molar-refractivity contribution in [3.63, 3.8) is 0 Å². The Kier molecular flexibility index (Phi) is 3.68. The van der Waals surface area contributed by atoms with Gasteiger partial charge in [0, 0.05) is 18.8 Å². The number of rotatable bonds is 2. The van der Waals surface area contributed by atoms with E-state index in [0.29, 0.717) is 25.3 Å². The zero-order chi connectivity index (χ0) is 16.7. The fourth-order valence-electron chi connectivity index (χ4n) is 3.84. The maximum atomic E-state index is 12.9. The Morgan fingerprint density at radius 1 is 1.33 bits per heavy atom. The molecule has 2 aliphatic rings. The lowest BCUT2D eigenvalue weighted by Crippen LogP contribution is -2.51. The summed E-state index contributed by atoms with van der Waals surface area (Å²) >= 11 is 0. The Bertz CT molecular complexity index is 763. The molecule has 1 fully saturated rings. The van der Waals surface area contributed by atoms with E-state index in [1.807, 2.05) is 15.8 Å². The highest BCUT2D eigenvalue weighted by Gasteiger charge is 2.44. The van der Waals surface area contributed by atoms with Crippen LogP contribution in [0.4, 0.5) is 0 Å². The minimum absolute atomic E-state index is 0.0500. The topological polar surface area (TPSA) is 47.4 Å². The van der Waals surface area contributed by atoms with Crippen molar-refractivity contribution in [3.8, 4) is 0 Å². The fourth-order valence-corrected chi connectivity index (χ4v) is 3.84. The quantitative estimate of drug-likeness (QED) is 0.853. The van der Waals surface area contributed by atoms with Crippen LogP contribution in [-0.2, 0) is 16.8 Å². The Morgan fingerprint density at radius 3 is 2.96 bits per heavy atom. The number of amides is 1. The van der Waals surface area contributed by atoms with Crippen LogP contribution in [0.5, 0.6) is 0 Å². The number of fused-ring (bicyclic) bond motifs is 2. The molecule has 2 heterocycles. The van der Waals surface area contributed by atoms with Crippen molar-refractivity contribution in [1.29, 1.82) is 0 Å². The zero-order valence-electron chi connectivity index (χ0n) is 14.2. The number of morpholine rings is 1. The van der Waals surface area contributed by atoms with Crippen molar-refractivity contribution in [1.82, 2.24) is 14.7 Å². The van der Waals surface area contributed by atoms with Crippen molar-refractivity contribution >= 4 is 5.91 Å². The molecular formula is C19H23N3O2. The second kappa shape index (κ2) is 5.74. The molecule has 0 bridgehead atoms. The number of carbonyl (C=O) groups excluding carboxylic acids is 1. The Labute approximate surface area is 142 Å². The Balaban J connectivity index is 1.58. The van der Waals surface area contributed by atoms with E-state index in [1.165, 1.54) is 11.1 Å². The van der Waals surface area contributed by atoms with E-state index in [-0.39, 0.29) is 17.6 Å². The maximum Gasteiger partial charge on any atom is 0.257 e. The first kappa shape index (κ1) is 15.4. The smallest absolute Gasteiger partial charge is 0.257 e. The lowest BCUT2D eigenvalue weighted by atomic mass is 9.93. The molecule has 2 aromatic rings. The predicted molar refractivity (Wildman–Crippen MR) is 90.9 cm³/mol. The van der Waals surface area contributed by atoms with Crippen LogP contribution in [0.2, 0.25) is 0 Å². The molecule has 0 radical (unpaired) electrons. The van der Waals surface area contributed by atoms with Gasteiger partial charge in [0.2, 0.25) is 0 Å². The molecule has 1 spiro atoms. The minimum Gasteiger partial charge on any atom is -0.367 e. The van der Waals surface area contributed by atoms with Crippen molar-refractivity contribution in [2.45, 2.75) is 38.3 Å². The standard InChI is InChI=1S/C19H23N3O2/c1-14(2)22-12-16(11-20-22)18(23)21-9-10-24-19(13-21)8-7-15-5-3-4-6-17(15)19/h3-6,11-12,14H,7-10,13H2,1-2H3. The van der Waals surface area contributed by atoms with E-state index in [2.05, 4.69) is 43.2 Å². The van der Waals surface area contributed by atoms with Gasteiger partial charge >= 0.3 is 0 Å². The molecule has 126 valence electrons. The molecule has 4 rings (SSSR count). The summed E-state index contributed by atoms with van der Waals surface area (Å²) in [5, 5.41) is 4.29. The molecule has 1 amide bonds. The molecule has 5 heteroatoms. The zero-order valence-corrected chi connectivity index (χ0v) is 14.2. The average molecular weight is 325 g/mol. The highest BCUT2D eigenvalue weighted by atomic mass is 16.5. The SMILES string of the molecule is CC(C)n1cc(C(=O)N2CCOC3(CCc4ccccc43)C2)cn1. The maximum absolute atomic E-state index is 12.9. The first-order valence-electron chi connectivity index (χ1n) is 8.65.